The summed E-state index contributed by atoms with van der Waals surface area (Å²) in [5.41, 5.74) is 5.27. The van der Waals surface area contributed by atoms with Crippen LogP contribution < -0.4 is 5.73 Å². The molecule has 0 aromatic heterocycles. The number of carbonyl (C=O) groups excluding carboxylic acids is 2. The van der Waals surface area contributed by atoms with Crippen molar-refractivity contribution in [2.75, 3.05) is 6.54 Å². The van der Waals surface area contributed by atoms with Gasteiger partial charge in [0.15, 0.2) is 6.10 Å². The number of ketones is 1. The van der Waals surface area contributed by atoms with Crippen molar-refractivity contribution in [2.45, 2.75) is 39.2 Å². The number of Topliss-reactive ketones (excluding diaryl/α,β-unsaturated/α-hetero) is 1. The molecular formula is C11H17NO4. The van der Waals surface area contributed by atoms with Crippen molar-refractivity contribution in [1.82, 2.24) is 0 Å². The molecule has 0 aliphatic carbocycles. The molecule has 5 heteroatoms. The molecule has 1 heterocycles. The van der Waals surface area contributed by atoms with Gasteiger partial charge in [-0.3, -0.25) is 9.59 Å². The number of esters is 1. The van der Waals surface area contributed by atoms with E-state index in [-0.39, 0.29) is 18.0 Å². The third-order valence-corrected chi connectivity index (χ3v) is 2.33. The summed E-state index contributed by atoms with van der Waals surface area (Å²) in [4.78, 5) is 23.0. The molecule has 1 rings (SSSR count). The lowest BCUT2D eigenvalue weighted by Crippen LogP contribution is -2.19. The summed E-state index contributed by atoms with van der Waals surface area (Å²) >= 11 is 0. The molecule has 0 spiro atoms. The zero-order valence-electron chi connectivity index (χ0n) is 9.62. The first-order valence-corrected chi connectivity index (χ1v) is 5.42. The van der Waals surface area contributed by atoms with E-state index in [4.69, 9.17) is 15.2 Å². The number of carbonyl (C=O) groups is 2. The largest absolute Gasteiger partial charge is 0.483 e. The van der Waals surface area contributed by atoms with E-state index in [0.29, 0.717) is 25.1 Å². The molecule has 1 aliphatic rings. The van der Waals surface area contributed by atoms with Crippen LogP contribution in [0.2, 0.25) is 0 Å². The summed E-state index contributed by atoms with van der Waals surface area (Å²) in [6.07, 6.45) is 0.840. The highest BCUT2D eigenvalue weighted by Gasteiger charge is 2.34. The lowest BCUT2D eigenvalue weighted by molar-refractivity contribution is -0.142. The van der Waals surface area contributed by atoms with Gasteiger partial charge in [-0.05, 0) is 26.3 Å². The van der Waals surface area contributed by atoms with Crippen molar-refractivity contribution < 1.29 is 19.1 Å². The van der Waals surface area contributed by atoms with Crippen LogP contribution >= 0.6 is 0 Å². The zero-order chi connectivity index (χ0) is 12.1. The molecule has 1 unspecified atom stereocenters. The minimum absolute atomic E-state index is 0.0499. The maximum atomic E-state index is 11.7. The molecular weight excluding hydrogens is 210 g/mol. The first-order chi connectivity index (χ1) is 7.60. The fraction of sp³-hybridized carbons (Fsp3) is 0.636. The number of ether oxygens (including phenoxy) is 2. The highest BCUT2D eigenvalue weighted by molar-refractivity contribution is 6.01. The van der Waals surface area contributed by atoms with Crippen molar-refractivity contribution in [3.05, 3.63) is 11.5 Å². The van der Waals surface area contributed by atoms with E-state index in [2.05, 4.69) is 0 Å². The van der Waals surface area contributed by atoms with Gasteiger partial charge in [-0.15, -0.1) is 0 Å². The fourth-order valence-electron chi connectivity index (χ4n) is 1.44. The van der Waals surface area contributed by atoms with Gasteiger partial charge in [0.05, 0.1) is 0 Å². The molecule has 0 aromatic carbocycles. The lowest BCUT2D eigenvalue weighted by Gasteiger charge is -2.05. The third kappa shape index (κ3) is 2.82. The fourth-order valence-corrected chi connectivity index (χ4v) is 1.44. The minimum Gasteiger partial charge on any atom is -0.483 e. The average molecular weight is 227 g/mol. The highest BCUT2D eigenvalue weighted by Crippen LogP contribution is 2.24. The summed E-state index contributed by atoms with van der Waals surface area (Å²) in [5, 5.41) is 0. The Balaban J connectivity index is 2.57. The molecule has 0 amide bonds. The molecule has 5 nitrogen and oxygen atoms in total. The number of rotatable bonds is 5. The van der Waals surface area contributed by atoms with E-state index >= 15 is 0 Å². The Labute approximate surface area is 94.6 Å². The zero-order valence-corrected chi connectivity index (χ0v) is 9.62. The summed E-state index contributed by atoms with van der Waals surface area (Å²) in [6, 6.07) is 0. The maximum Gasteiger partial charge on any atom is 0.311 e. The molecule has 0 fully saturated rings. The van der Waals surface area contributed by atoms with E-state index in [1.807, 2.05) is 6.92 Å². The van der Waals surface area contributed by atoms with Crippen LogP contribution in [0.25, 0.3) is 0 Å². The number of hydrogen-bond donors (Lipinski definition) is 1. The molecule has 90 valence electrons. The Kier molecular flexibility index (Phi) is 4.49. The van der Waals surface area contributed by atoms with Crippen LogP contribution in [-0.2, 0) is 19.1 Å². The van der Waals surface area contributed by atoms with Crippen LogP contribution in [0.15, 0.2) is 11.5 Å². The van der Waals surface area contributed by atoms with Crippen molar-refractivity contribution >= 4 is 11.8 Å². The van der Waals surface area contributed by atoms with E-state index in [1.165, 1.54) is 0 Å². The first-order valence-electron chi connectivity index (χ1n) is 5.42. The van der Waals surface area contributed by atoms with Gasteiger partial charge in [0, 0.05) is 6.42 Å². The first kappa shape index (κ1) is 12.7. The van der Waals surface area contributed by atoms with Crippen molar-refractivity contribution in [3.63, 3.8) is 0 Å². The second-order valence-electron chi connectivity index (χ2n) is 3.63. The average Bonchev–Trinajstić information content (AvgIpc) is 2.53. The van der Waals surface area contributed by atoms with Gasteiger partial charge in [0.1, 0.15) is 5.76 Å². The minimum atomic E-state index is -0.502. The molecule has 2 N–H and O–H groups in total. The molecule has 0 aromatic rings. The van der Waals surface area contributed by atoms with Crippen LogP contribution in [0.5, 0.6) is 0 Å². The normalized spacial score (nSPS) is 19.9. The molecule has 16 heavy (non-hydrogen) atoms. The molecule has 1 aliphatic heterocycles. The SMILES string of the molecule is CCC1OC(C)=C(OC(=O)CCCN)C1=O. The number of hydrogen-bond acceptors (Lipinski definition) is 5. The van der Waals surface area contributed by atoms with Gasteiger partial charge >= 0.3 is 5.97 Å². The highest BCUT2D eigenvalue weighted by atomic mass is 16.6. The summed E-state index contributed by atoms with van der Waals surface area (Å²) < 4.78 is 10.2. The van der Waals surface area contributed by atoms with Gasteiger partial charge in [0.25, 0.3) is 0 Å². The number of allylic oxidation sites excluding steroid dienone is 1. The Bertz CT molecular complexity index is 322. The molecule has 0 radical (unpaired) electrons. The van der Waals surface area contributed by atoms with Gasteiger partial charge in [-0.2, -0.15) is 0 Å². The summed E-state index contributed by atoms with van der Waals surface area (Å²) in [7, 11) is 0. The van der Waals surface area contributed by atoms with Crippen molar-refractivity contribution in [2.24, 2.45) is 5.73 Å². The predicted molar refractivity (Wildman–Crippen MR) is 57.3 cm³/mol. The topological polar surface area (TPSA) is 78.6 Å². The Morgan fingerprint density at radius 2 is 2.25 bits per heavy atom. The number of nitrogens with two attached hydrogens (primary N) is 1. The van der Waals surface area contributed by atoms with Crippen molar-refractivity contribution in [1.29, 1.82) is 0 Å². The molecule has 0 saturated heterocycles. The van der Waals surface area contributed by atoms with E-state index in [9.17, 15) is 9.59 Å². The van der Waals surface area contributed by atoms with E-state index < -0.39 is 12.1 Å². The van der Waals surface area contributed by atoms with Crippen LogP contribution in [0, 0.1) is 0 Å². The Hall–Kier alpha value is -1.36. The standard InChI is InChI=1S/C11H17NO4/c1-3-8-10(14)11(7(2)15-8)16-9(13)5-4-6-12/h8H,3-6,12H2,1-2H3. The van der Waals surface area contributed by atoms with Gasteiger partial charge in [0.2, 0.25) is 11.5 Å². The van der Waals surface area contributed by atoms with Gasteiger partial charge in [-0.25, -0.2) is 0 Å². The monoisotopic (exact) mass is 227 g/mol. The predicted octanol–water partition coefficient (Wildman–Crippen LogP) is 0.878. The quantitative estimate of drug-likeness (QED) is 0.705. The summed E-state index contributed by atoms with van der Waals surface area (Å²) in [5.74, 6) is -0.249. The Morgan fingerprint density at radius 1 is 1.56 bits per heavy atom. The Morgan fingerprint density at radius 3 is 2.75 bits per heavy atom. The molecule has 0 saturated carbocycles. The van der Waals surface area contributed by atoms with E-state index in [0.717, 1.165) is 0 Å². The van der Waals surface area contributed by atoms with Crippen LogP contribution in [0.1, 0.15) is 33.1 Å². The summed E-state index contributed by atoms with van der Waals surface area (Å²) in [6.45, 7) is 3.89. The van der Waals surface area contributed by atoms with Crippen LogP contribution in [0.4, 0.5) is 0 Å². The van der Waals surface area contributed by atoms with Gasteiger partial charge < -0.3 is 15.2 Å². The van der Waals surface area contributed by atoms with Gasteiger partial charge in [-0.1, -0.05) is 6.92 Å². The van der Waals surface area contributed by atoms with Crippen LogP contribution in [-0.4, -0.2) is 24.4 Å². The molecule has 0 bridgehead atoms. The smallest absolute Gasteiger partial charge is 0.311 e. The van der Waals surface area contributed by atoms with Crippen molar-refractivity contribution in [3.8, 4) is 0 Å². The van der Waals surface area contributed by atoms with E-state index in [1.54, 1.807) is 6.92 Å². The second-order valence-corrected chi connectivity index (χ2v) is 3.63. The molecule has 1 atom stereocenters. The van der Waals surface area contributed by atoms with Crippen LogP contribution in [0.3, 0.4) is 0 Å². The maximum absolute atomic E-state index is 11.7. The lowest BCUT2D eigenvalue weighted by atomic mass is 10.2. The second kappa shape index (κ2) is 5.65. The third-order valence-electron chi connectivity index (χ3n) is 2.33.